The number of hydrogen-bond acceptors (Lipinski definition) is 9. The van der Waals surface area contributed by atoms with Gasteiger partial charge in [-0.05, 0) is 74.8 Å². The van der Waals surface area contributed by atoms with E-state index in [-0.39, 0.29) is 37.5 Å². The molecule has 5 atom stereocenters. The largest absolute Gasteiger partial charge is 0.493 e. The van der Waals surface area contributed by atoms with Gasteiger partial charge >= 0.3 is 6.09 Å². The highest BCUT2D eigenvalue weighted by atomic mass is 16.6. The van der Waals surface area contributed by atoms with Gasteiger partial charge in [-0.1, -0.05) is 80.6 Å². The van der Waals surface area contributed by atoms with Gasteiger partial charge in [-0.2, -0.15) is 0 Å². The Labute approximate surface area is 336 Å². The number of carbonyl (C=O) groups excluding carboxylic acids is 4. The molecule has 57 heavy (non-hydrogen) atoms. The van der Waals surface area contributed by atoms with Gasteiger partial charge in [0.2, 0.25) is 17.7 Å². The maximum atomic E-state index is 14.5. The van der Waals surface area contributed by atoms with Gasteiger partial charge in [-0.25, -0.2) is 4.79 Å². The zero-order chi connectivity index (χ0) is 41.5. The molecule has 3 aromatic rings. The molecule has 13 nitrogen and oxygen atoms in total. The summed E-state index contributed by atoms with van der Waals surface area (Å²) in [7, 11) is 3.05. The number of ether oxygens (including phenoxy) is 4. The number of benzene rings is 3. The molecule has 5 unspecified atom stereocenters. The van der Waals surface area contributed by atoms with Crippen molar-refractivity contribution < 1.29 is 43.2 Å². The van der Waals surface area contributed by atoms with Crippen LogP contribution < -0.4 is 25.4 Å². The Hall–Kier alpha value is -5.14. The maximum Gasteiger partial charge on any atom is 0.407 e. The molecule has 0 saturated carbocycles. The molecule has 1 aliphatic heterocycles. The molecule has 4 amide bonds. The van der Waals surface area contributed by atoms with Gasteiger partial charge in [0.1, 0.15) is 17.7 Å². The maximum absolute atomic E-state index is 14.5. The monoisotopic (exact) mass is 788 g/mol. The topological polar surface area (TPSA) is 165 Å². The minimum absolute atomic E-state index is 0.0773. The van der Waals surface area contributed by atoms with E-state index < -0.39 is 53.7 Å². The standard InChI is InChI=1S/C44H60N4O9/c1-29(2)39(41(51)45-35(26-31-16-12-9-13-17-31)42(52)48-20-22-56-23-21-48)47-40(50)33(24-32-18-19-37(54-6)38(27-32)55-7)28-36(49)34(25-30-14-10-8-11-15-30)46-43(53)57-44(3,4)5/h8-19,27,29,33-36,39,49H,20-26,28H2,1-7H3,(H,45,51)(H,46,53)(H,47,50). The van der Waals surface area contributed by atoms with Crippen molar-refractivity contribution in [1.29, 1.82) is 0 Å². The number of amides is 4. The second-order valence-electron chi connectivity index (χ2n) is 15.8. The van der Waals surface area contributed by atoms with Gasteiger partial charge in [0.25, 0.3) is 0 Å². The summed E-state index contributed by atoms with van der Waals surface area (Å²) in [4.78, 5) is 57.2. The highest BCUT2D eigenvalue weighted by Gasteiger charge is 2.35. The summed E-state index contributed by atoms with van der Waals surface area (Å²) >= 11 is 0. The molecule has 13 heteroatoms. The Morgan fingerprint density at radius 1 is 0.754 bits per heavy atom. The highest BCUT2D eigenvalue weighted by molar-refractivity contribution is 5.93. The number of rotatable bonds is 18. The summed E-state index contributed by atoms with van der Waals surface area (Å²) in [5, 5.41) is 20.6. The normalized spacial score (nSPS) is 15.7. The van der Waals surface area contributed by atoms with Crippen LogP contribution >= 0.6 is 0 Å². The first-order chi connectivity index (χ1) is 27.2. The summed E-state index contributed by atoms with van der Waals surface area (Å²) in [5.41, 5.74) is 1.70. The van der Waals surface area contributed by atoms with Crippen LogP contribution in [-0.2, 0) is 43.1 Å². The van der Waals surface area contributed by atoms with Crippen molar-refractivity contribution in [1.82, 2.24) is 20.9 Å². The lowest BCUT2D eigenvalue weighted by Crippen LogP contribution is -2.58. The average Bonchev–Trinajstić information content (AvgIpc) is 3.18. The zero-order valence-corrected chi connectivity index (χ0v) is 34.3. The summed E-state index contributed by atoms with van der Waals surface area (Å²) in [6.45, 7) is 10.5. The molecule has 1 aliphatic rings. The number of aliphatic hydroxyl groups is 1. The Bertz CT molecular complexity index is 1740. The van der Waals surface area contributed by atoms with Gasteiger partial charge in [0.15, 0.2) is 11.5 Å². The minimum atomic E-state index is -1.21. The third-order valence-electron chi connectivity index (χ3n) is 9.76. The number of alkyl carbamates (subject to hydrolysis) is 1. The van der Waals surface area contributed by atoms with Crippen LogP contribution in [0.3, 0.4) is 0 Å². The quantitative estimate of drug-likeness (QED) is 0.146. The van der Waals surface area contributed by atoms with Crippen LogP contribution in [0.4, 0.5) is 4.79 Å². The lowest BCUT2D eigenvalue weighted by Gasteiger charge is -2.32. The van der Waals surface area contributed by atoms with Crippen LogP contribution in [0.1, 0.15) is 57.7 Å². The molecule has 0 spiro atoms. The van der Waals surface area contributed by atoms with Gasteiger partial charge in [0, 0.05) is 25.4 Å². The smallest absolute Gasteiger partial charge is 0.407 e. The number of morpholine rings is 1. The van der Waals surface area contributed by atoms with E-state index in [1.807, 2.05) is 80.6 Å². The lowest BCUT2D eigenvalue weighted by atomic mass is 9.88. The first-order valence-corrected chi connectivity index (χ1v) is 19.6. The number of methoxy groups -OCH3 is 2. The van der Waals surface area contributed by atoms with E-state index in [9.17, 15) is 24.3 Å². The van der Waals surface area contributed by atoms with E-state index >= 15 is 0 Å². The van der Waals surface area contributed by atoms with Crippen LogP contribution in [0.15, 0.2) is 78.9 Å². The Morgan fingerprint density at radius 2 is 1.35 bits per heavy atom. The van der Waals surface area contributed by atoms with Crippen molar-refractivity contribution in [2.75, 3.05) is 40.5 Å². The molecule has 310 valence electrons. The second-order valence-corrected chi connectivity index (χ2v) is 15.8. The lowest BCUT2D eigenvalue weighted by molar-refractivity contribution is -0.141. The van der Waals surface area contributed by atoms with Crippen molar-refractivity contribution in [2.24, 2.45) is 11.8 Å². The molecule has 0 bridgehead atoms. The Morgan fingerprint density at radius 3 is 1.91 bits per heavy atom. The Kier molecular flexibility index (Phi) is 16.7. The first kappa shape index (κ1) is 44.6. The average molecular weight is 789 g/mol. The van der Waals surface area contributed by atoms with Gasteiger partial charge in [-0.15, -0.1) is 0 Å². The Balaban J connectivity index is 1.62. The van der Waals surface area contributed by atoms with Crippen molar-refractivity contribution in [2.45, 2.75) is 90.1 Å². The number of hydrogen-bond donors (Lipinski definition) is 4. The van der Waals surface area contributed by atoms with Crippen LogP contribution in [0, 0.1) is 11.8 Å². The van der Waals surface area contributed by atoms with E-state index in [4.69, 9.17) is 18.9 Å². The molecule has 4 rings (SSSR count). The second kappa shape index (κ2) is 21.4. The van der Waals surface area contributed by atoms with E-state index in [2.05, 4.69) is 16.0 Å². The van der Waals surface area contributed by atoms with Crippen molar-refractivity contribution >= 4 is 23.8 Å². The molecular formula is C44H60N4O9. The van der Waals surface area contributed by atoms with Gasteiger partial charge < -0.3 is 44.9 Å². The number of aliphatic hydroxyl groups excluding tert-OH is 1. The SMILES string of the molecule is COc1ccc(CC(CC(O)C(Cc2ccccc2)NC(=O)OC(C)(C)C)C(=O)NC(C(=O)NC(Cc2ccccc2)C(=O)N2CCOCC2)C(C)C)cc1OC. The molecule has 1 saturated heterocycles. The van der Waals surface area contributed by atoms with Crippen LogP contribution in [0.5, 0.6) is 11.5 Å². The number of carbonyl (C=O) groups is 4. The molecular weight excluding hydrogens is 729 g/mol. The van der Waals surface area contributed by atoms with Crippen LogP contribution in [0.2, 0.25) is 0 Å². The van der Waals surface area contributed by atoms with E-state index in [0.717, 1.165) is 16.7 Å². The zero-order valence-electron chi connectivity index (χ0n) is 34.3. The fraction of sp³-hybridized carbons (Fsp3) is 0.500. The molecule has 1 fully saturated rings. The van der Waals surface area contributed by atoms with Crippen LogP contribution in [-0.4, -0.2) is 104 Å². The summed E-state index contributed by atoms with van der Waals surface area (Å²) < 4.78 is 21.9. The molecule has 3 aromatic carbocycles. The van der Waals surface area contributed by atoms with E-state index in [1.165, 1.54) is 14.2 Å². The van der Waals surface area contributed by atoms with Gasteiger partial charge in [-0.3, -0.25) is 14.4 Å². The summed E-state index contributed by atoms with van der Waals surface area (Å²) in [5.74, 6) is -1.46. The van der Waals surface area contributed by atoms with Crippen LogP contribution in [0.25, 0.3) is 0 Å². The predicted octanol–water partition coefficient (Wildman–Crippen LogP) is 4.48. The molecule has 4 N–H and O–H groups in total. The third kappa shape index (κ3) is 14.1. The summed E-state index contributed by atoms with van der Waals surface area (Å²) in [6.07, 6.45) is -1.29. The molecule has 0 radical (unpaired) electrons. The van der Waals surface area contributed by atoms with E-state index in [0.29, 0.717) is 37.8 Å². The fourth-order valence-electron chi connectivity index (χ4n) is 6.76. The van der Waals surface area contributed by atoms with Crippen molar-refractivity contribution in [3.05, 3.63) is 95.6 Å². The molecule has 0 aliphatic carbocycles. The van der Waals surface area contributed by atoms with Gasteiger partial charge in [0.05, 0.1) is 39.6 Å². The molecule has 0 aromatic heterocycles. The van der Waals surface area contributed by atoms with E-state index in [1.54, 1.807) is 37.8 Å². The summed E-state index contributed by atoms with van der Waals surface area (Å²) in [6, 6.07) is 21.5. The number of nitrogens with one attached hydrogen (secondary N) is 3. The number of nitrogens with zero attached hydrogens (tertiary/aromatic N) is 1. The highest BCUT2D eigenvalue weighted by Crippen LogP contribution is 2.30. The predicted molar refractivity (Wildman–Crippen MR) is 217 cm³/mol. The van der Waals surface area contributed by atoms with Crippen molar-refractivity contribution in [3.63, 3.8) is 0 Å². The van der Waals surface area contributed by atoms with Crippen molar-refractivity contribution in [3.8, 4) is 11.5 Å². The first-order valence-electron chi connectivity index (χ1n) is 19.6. The molecule has 1 heterocycles. The fourth-order valence-corrected chi connectivity index (χ4v) is 6.76. The minimum Gasteiger partial charge on any atom is -0.493 e. The third-order valence-corrected chi connectivity index (χ3v) is 9.76.